The number of benzene rings is 2. The molecule has 2 aromatic carbocycles. The molecule has 0 amide bonds. The van der Waals surface area contributed by atoms with Gasteiger partial charge in [0.25, 0.3) is 0 Å². The van der Waals surface area contributed by atoms with Crippen molar-refractivity contribution < 1.29 is 0 Å². The van der Waals surface area contributed by atoms with Gasteiger partial charge >= 0.3 is 0 Å². The van der Waals surface area contributed by atoms with E-state index in [-0.39, 0.29) is 0 Å². The summed E-state index contributed by atoms with van der Waals surface area (Å²) in [4.78, 5) is 3.78. The molecule has 0 unspecified atom stereocenters. The van der Waals surface area contributed by atoms with Crippen molar-refractivity contribution in [1.29, 1.82) is 0 Å². The van der Waals surface area contributed by atoms with Crippen molar-refractivity contribution in [2.45, 2.75) is 6.42 Å². The van der Waals surface area contributed by atoms with Crippen molar-refractivity contribution in [1.82, 2.24) is 4.98 Å². The van der Waals surface area contributed by atoms with Gasteiger partial charge < -0.3 is 5.32 Å². The first kappa shape index (κ1) is 15.0. The van der Waals surface area contributed by atoms with E-state index in [1.165, 1.54) is 22.4 Å². The number of hydrogen-bond donors (Lipinski definition) is 1. The molecule has 0 spiro atoms. The number of anilines is 1. The maximum absolute atomic E-state index is 3.78. The van der Waals surface area contributed by atoms with Crippen molar-refractivity contribution >= 4 is 17.8 Å². The molecule has 0 fully saturated rings. The molecule has 23 heavy (non-hydrogen) atoms. The van der Waals surface area contributed by atoms with E-state index in [1.54, 1.807) is 12.4 Å². The molecule has 2 heteroatoms. The lowest BCUT2D eigenvalue weighted by Crippen LogP contribution is -1.92. The minimum absolute atomic E-state index is 1.06. The third-order valence-electron chi connectivity index (χ3n) is 3.70. The molecule has 0 saturated carbocycles. The van der Waals surface area contributed by atoms with Crippen LogP contribution in [0.25, 0.3) is 12.2 Å². The molecule has 0 radical (unpaired) electrons. The molecule has 2 heterocycles. The summed E-state index contributed by atoms with van der Waals surface area (Å²) in [5.41, 5.74) is 5.26. The molecular formula is C21H20N2. The van der Waals surface area contributed by atoms with Crippen LogP contribution in [0.15, 0.2) is 79.1 Å². The second-order valence-corrected chi connectivity index (χ2v) is 5.33. The summed E-state index contributed by atoms with van der Waals surface area (Å²) in [6.45, 7) is 1.06. The summed E-state index contributed by atoms with van der Waals surface area (Å²) in [7, 11) is 0. The Bertz CT molecular complexity index is 723. The zero-order valence-corrected chi connectivity index (χ0v) is 13.0. The Morgan fingerprint density at radius 2 is 1.57 bits per heavy atom. The van der Waals surface area contributed by atoms with Crippen molar-refractivity contribution in [2.75, 3.05) is 11.9 Å². The van der Waals surface area contributed by atoms with Crippen LogP contribution in [0.5, 0.6) is 0 Å². The molecule has 1 N–H and O–H groups in total. The maximum Gasteiger partial charge on any atom is 0.0447 e. The standard InChI is InChI=1S/C16H15N.C5H5N/c1-2-5-13(6-3-1)9-10-14-7-4-8-15-11-12-17-16(14)15;1-2-4-6-5-3-1/h1-10,17H,11-12H2;1-5H. The molecule has 0 aliphatic carbocycles. The highest BCUT2D eigenvalue weighted by atomic mass is 14.9. The molecule has 4 rings (SSSR count). The zero-order valence-electron chi connectivity index (χ0n) is 13.0. The quantitative estimate of drug-likeness (QED) is 0.680. The Balaban J connectivity index is 0.000000220. The topological polar surface area (TPSA) is 24.9 Å². The van der Waals surface area contributed by atoms with E-state index in [2.05, 4.69) is 64.9 Å². The summed E-state index contributed by atoms with van der Waals surface area (Å²) < 4.78 is 0. The lowest BCUT2D eigenvalue weighted by atomic mass is 10.1. The van der Waals surface area contributed by atoms with Gasteiger partial charge in [-0.1, -0.05) is 66.7 Å². The van der Waals surface area contributed by atoms with Gasteiger partial charge in [0.15, 0.2) is 0 Å². The van der Waals surface area contributed by atoms with Gasteiger partial charge in [-0.05, 0) is 35.2 Å². The fourth-order valence-electron chi connectivity index (χ4n) is 2.57. The van der Waals surface area contributed by atoms with E-state index in [9.17, 15) is 0 Å². The van der Waals surface area contributed by atoms with Crippen LogP contribution in [-0.4, -0.2) is 11.5 Å². The second kappa shape index (κ2) is 7.95. The fraction of sp³-hybridized carbons (Fsp3) is 0.0952. The zero-order chi connectivity index (χ0) is 15.7. The molecule has 3 aromatic rings. The van der Waals surface area contributed by atoms with E-state index < -0.39 is 0 Å². The minimum Gasteiger partial charge on any atom is -0.384 e. The van der Waals surface area contributed by atoms with Crippen LogP contribution < -0.4 is 5.32 Å². The predicted octanol–water partition coefficient (Wildman–Crippen LogP) is 4.91. The fourth-order valence-corrected chi connectivity index (χ4v) is 2.57. The van der Waals surface area contributed by atoms with Crippen LogP contribution in [0.3, 0.4) is 0 Å². The Labute approximate surface area is 137 Å². The third-order valence-corrected chi connectivity index (χ3v) is 3.70. The first-order valence-electron chi connectivity index (χ1n) is 7.87. The SMILES string of the molecule is C(=Cc1cccc2c1NCC2)c1ccccc1.c1ccncc1. The Kier molecular flexibility index (Phi) is 5.20. The normalized spacial score (nSPS) is 12.2. The highest BCUT2D eigenvalue weighted by Gasteiger charge is 2.11. The molecule has 2 nitrogen and oxygen atoms in total. The number of para-hydroxylation sites is 1. The first-order chi connectivity index (χ1) is 11.4. The predicted molar refractivity (Wildman–Crippen MR) is 98.2 cm³/mol. The van der Waals surface area contributed by atoms with E-state index >= 15 is 0 Å². The molecular weight excluding hydrogens is 280 g/mol. The Hall–Kier alpha value is -2.87. The number of hydrogen-bond acceptors (Lipinski definition) is 2. The van der Waals surface area contributed by atoms with Crippen LogP contribution in [-0.2, 0) is 6.42 Å². The average Bonchev–Trinajstić information content (AvgIpc) is 3.12. The molecule has 0 bridgehead atoms. The van der Waals surface area contributed by atoms with Crippen LogP contribution in [0, 0.1) is 0 Å². The number of fused-ring (bicyclic) bond motifs is 1. The van der Waals surface area contributed by atoms with Gasteiger partial charge in [0.2, 0.25) is 0 Å². The van der Waals surface area contributed by atoms with Gasteiger partial charge in [-0.25, -0.2) is 0 Å². The van der Waals surface area contributed by atoms with Gasteiger partial charge in [-0.3, -0.25) is 4.98 Å². The lowest BCUT2D eigenvalue weighted by molar-refractivity contribution is 1.11. The molecule has 1 aliphatic rings. The highest BCUT2D eigenvalue weighted by Crippen LogP contribution is 2.27. The largest absolute Gasteiger partial charge is 0.384 e. The number of pyridine rings is 1. The second-order valence-electron chi connectivity index (χ2n) is 5.33. The molecule has 0 atom stereocenters. The van der Waals surface area contributed by atoms with E-state index in [1.807, 2.05) is 24.3 Å². The monoisotopic (exact) mass is 300 g/mol. The van der Waals surface area contributed by atoms with Crippen molar-refractivity contribution in [3.05, 3.63) is 95.8 Å². The molecule has 114 valence electrons. The summed E-state index contributed by atoms with van der Waals surface area (Å²) in [5.74, 6) is 0. The summed E-state index contributed by atoms with van der Waals surface area (Å²) in [6, 6.07) is 22.6. The lowest BCUT2D eigenvalue weighted by Gasteiger charge is -2.04. The smallest absolute Gasteiger partial charge is 0.0447 e. The van der Waals surface area contributed by atoms with Gasteiger partial charge in [0.05, 0.1) is 0 Å². The first-order valence-corrected chi connectivity index (χ1v) is 7.87. The minimum atomic E-state index is 1.06. The number of rotatable bonds is 2. The average molecular weight is 300 g/mol. The van der Waals surface area contributed by atoms with Gasteiger partial charge in [0, 0.05) is 24.6 Å². The van der Waals surface area contributed by atoms with Crippen LogP contribution in [0.1, 0.15) is 16.7 Å². The Morgan fingerprint density at radius 1 is 0.783 bits per heavy atom. The van der Waals surface area contributed by atoms with E-state index in [4.69, 9.17) is 0 Å². The summed E-state index contributed by atoms with van der Waals surface area (Å²) >= 11 is 0. The molecule has 1 aliphatic heterocycles. The Morgan fingerprint density at radius 3 is 2.26 bits per heavy atom. The van der Waals surface area contributed by atoms with Crippen molar-refractivity contribution in [3.8, 4) is 0 Å². The molecule has 1 aromatic heterocycles. The van der Waals surface area contributed by atoms with E-state index in [0.29, 0.717) is 0 Å². The number of nitrogens with one attached hydrogen (secondary N) is 1. The van der Waals surface area contributed by atoms with Gasteiger partial charge in [-0.15, -0.1) is 0 Å². The van der Waals surface area contributed by atoms with Crippen molar-refractivity contribution in [2.24, 2.45) is 0 Å². The van der Waals surface area contributed by atoms with Crippen LogP contribution in [0.4, 0.5) is 5.69 Å². The summed E-state index contributed by atoms with van der Waals surface area (Å²) in [5, 5.41) is 3.45. The van der Waals surface area contributed by atoms with E-state index in [0.717, 1.165) is 13.0 Å². The third kappa shape index (κ3) is 4.30. The highest BCUT2D eigenvalue weighted by molar-refractivity contribution is 5.79. The molecule has 0 saturated heterocycles. The van der Waals surface area contributed by atoms with Gasteiger partial charge in [-0.2, -0.15) is 0 Å². The van der Waals surface area contributed by atoms with Crippen LogP contribution >= 0.6 is 0 Å². The van der Waals surface area contributed by atoms with Crippen LogP contribution in [0.2, 0.25) is 0 Å². The number of aromatic nitrogens is 1. The number of nitrogens with zero attached hydrogens (tertiary/aromatic N) is 1. The maximum atomic E-state index is 3.78. The van der Waals surface area contributed by atoms with Gasteiger partial charge in [0.1, 0.15) is 0 Å². The van der Waals surface area contributed by atoms with Crippen molar-refractivity contribution in [3.63, 3.8) is 0 Å². The summed E-state index contributed by atoms with van der Waals surface area (Å²) in [6.07, 6.45) is 8.99.